The average Bonchev–Trinajstić information content (AvgIpc) is 3.66. The Bertz CT molecular complexity index is 1700. The second-order valence-electron chi connectivity index (χ2n) is 11.4. The lowest BCUT2D eigenvalue weighted by atomic mass is 10.0. The summed E-state index contributed by atoms with van der Waals surface area (Å²) >= 11 is 0. The van der Waals surface area contributed by atoms with Gasteiger partial charge in [0.25, 0.3) is 0 Å². The third-order valence-electron chi connectivity index (χ3n) is 7.89. The topological polar surface area (TPSA) is 116 Å². The van der Waals surface area contributed by atoms with Gasteiger partial charge < -0.3 is 25.3 Å². The predicted molar refractivity (Wildman–Crippen MR) is 181 cm³/mol. The molecule has 9 heteroatoms. The lowest BCUT2D eigenvalue weighted by molar-refractivity contribution is -0.138. The molecule has 240 valence electrons. The van der Waals surface area contributed by atoms with Crippen LogP contribution in [0, 0.1) is 0 Å². The first-order valence-electron chi connectivity index (χ1n) is 15.6. The summed E-state index contributed by atoms with van der Waals surface area (Å²) in [5, 5.41) is 5.71. The Morgan fingerprint density at radius 3 is 2.06 bits per heavy atom. The Morgan fingerprint density at radius 1 is 0.766 bits per heavy atom. The van der Waals surface area contributed by atoms with E-state index in [-0.39, 0.29) is 44.0 Å². The Hall–Kier alpha value is -5.70. The highest BCUT2D eigenvalue weighted by Gasteiger charge is 2.30. The van der Waals surface area contributed by atoms with E-state index < -0.39 is 12.0 Å². The fourth-order valence-corrected chi connectivity index (χ4v) is 5.22. The van der Waals surface area contributed by atoms with Crippen LogP contribution in [0.5, 0.6) is 0 Å². The molecule has 1 heterocycles. The van der Waals surface area contributed by atoms with Crippen molar-refractivity contribution in [2.24, 2.45) is 0 Å². The van der Waals surface area contributed by atoms with Crippen LogP contribution in [0.2, 0.25) is 0 Å². The number of hydrogen-bond donors (Lipinski definition) is 3. The molecular weight excluding hydrogens is 590 g/mol. The smallest absolute Gasteiger partial charge is 0.407 e. The molecule has 5 rings (SSSR count). The molecule has 5 aromatic rings. The summed E-state index contributed by atoms with van der Waals surface area (Å²) in [6.07, 6.45) is 2.44. The largest absolute Gasteiger partial charge is 0.445 e. The van der Waals surface area contributed by atoms with Crippen molar-refractivity contribution in [2.45, 2.75) is 31.9 Å². The fraction of sp³-hybridized carbons (Fsp3) is 0.211. The fourth-order valence-electron chi connectivity index (χ4n) is 5.22. The molecule has 3 N–H and O–H groups in total. The number of nitrogens with zero attached hydrogens (tertiary/aromatic N) is 2. The molecular formula is C38H39N5O4. The van der Waals surface area contributed by atoms with E-state index in [0.717, 1.165) is 27.8 Å². The first-order valence-corrected chi connectivity index (χ1v) is 15.6. The first-order chi connectivity index (χ1) is 23.0. The highest BCUT2D eigenvalue weighted by Crippen LogP contribution is 2.22. The molecule has 9 nitrogen and oxygen atoms in total. The Kier molecular flexibility index (Phi) is 11.5. The Labute approximate surface area is 275 Å². The number of alkyl carbamates (subject to hydrolysis) is 1. The average molecular weight is 630 g/mol. The lowest BCUT2D eigenvalue weighted by Crippen LogP contribution is -2.45. The number of carbonyl (C=O) groups is 3. The van der Waals surface area contributed by atoms with Crippen molar-refractivity contribution >= 4 is 17.9 Å². The molecule has 1 unspecified atom stereocenters. The molecule has 0 aliphatic carbocycles. The number of imidazole rings is 1. The van der Waals surface area contributed by atoms with Gasteiger partial charge in [-0.3, -0.25) is 9.59 Å². The normalized spacial score (nSPS) is 12.0. The number of aromatic amines is 1. The van der Waals surface area contributed by atoms with Gasteiger partial charge in [0.2, 0.25) is 11.8 Å². The van der Waals surface area contributed by atoms with Gasteiger partial charge in [-0.1, -0.05) is 122 Å². The van der Waals surface area contributed by atoms with Crippen LogP contribution in [0.1, 0.15) is 41.1 Å². The first kappa shape index (κ1) is 32.7. The highest BCUT2D eigenvalue weighted by molar-refractivity contribution is 5.89. The highest BCUT2D eigenvalue weighted by atomic mass is 16.5. The quantitative estimate of drug-likeness (QED) is 0.139. The molecule has 0 aliphatic rings. The third-order valence-corrected chi connectivity index (χ3v) is 7.89. The minimum Gasteiger partial charge on any atom is -0.445 e. The van der Waals surface area contributed by atoms with E-state index in [2.05, 4.69) is 20.6 Å². The molecule has 0 saturated heterocycles. The Morgan fingerprint density at radius 2 is 1.40 bits per heavy atom. The van der Waals surface area contributed by atoms with Crippen LogP contribution in [-0.2, 0) is 27.5 Å². The van der Waals surface area contributed by atoms with E-state index in [9.17, 15) is 14.4 Å². The van der Waals surface area contributed by atoms with Crippen LogP contribution in [0.15, 0.2) is 128 Å². The molecule has 0 aliphatic heterocycles. The van der Waals surface area contributed by atoms with Gasteiger partial charge in [-0.05, 0) is 33.7 Å². The van der Waals surface area contributed by atoms with Crippen LogP contribution in [0.4, 0.5) is 4.79 Å². The standard InChI is InChI=1S/C38H39N5O4/c1-28(31-13-7-3-8-14-31)21-40-36(44)25-43(24-29-17-19-33(20-18-29)32-15-9-4-10-16-32)37(45)34(35-23-39-27-42-35)22-41-38(46)47-26-30-11-5-2-6-12-30/h2-20,23,27-28,34H,21-22,24-26H2,1H3,(H,39,42)(H,40,44)(H,41,46)/t28?,34-/m0/s1. The van der Waals surface area contributed by atoms with Gasteiger partial charge in [-0.2, -0.15) is 0 Å². The van der Waals surface area contributed by atoms with Crippen molar-refractivity contribution < 1.29 is 19.1 Å². The summed E-state index contributed by atoms with van der Waals surface area (Å²) < 4.78 is 5.37. The predicted octanol–water partition coefficient (Wildman–Crippen LogP) is 6.04. The monoisotopic (exact) mass is 629 g/mol. The third kappa shape index (κ3) is 9.64. The second-order valence-corrected chi connectivity index (χ2v) is 11.4. The van der Waals surface area contributed by atoms with Crippen molar-refractivity contribution in [3.63, 3.8) is 0 Å². The van der Waals surface area contributed by atoms with Crippen molar-refractivity contribution in [1.82, 2.24) is 25.5 Å². The number of hydrogen-bond acceptors (Lipinski definition) is 5. The summed E-state index contributed by atoms with van der Waals surface area (Å²) in [5.41, 5.74) is 5.40. The van der Waals surface area contributed by atoms with Crippen LogP contribution < -0.4 is 10.6 Å². The number of amides is 3. The van der Waals surface area contributed by atoms with Crippen LogP contribution in [0.25, 0.3) is 11.1 Å². The molecule has 0 bridgehead atoms. The minimum absolute atomic E-state index is 0.0621. The van der Waals surface area contributed by atoms with E-state index in [1.54, 1.807) is 6.20 Å². The molecule has 0 spiro atoms. The van der Waals surface area contributed by atoms with Crippen LogP contribution in [-0.4, -0.2) is 52.4 Å². The zero-order valence-corrected chi connectivity index (χ0v) is 26.3. The van der Waals surface area contributed by atoms with E-state index in [1.807, 2.05) is 122 Å². The van der Waals surface area contributed by atoms with Gasteiger partial charge in [-0.25, -0.2) is 9.78 Å². The van der Waals surface area contributed by atoms with Crippen LogP contribution >= 0.6 is 0 Å². The molecule has 2 atom stereocenters. The second kappa shape index (κ2) is 16.6. The number of ether oxygens (including phenoxy) is 1. The summed E-state index contributed by atoms with van der Waals surface area (Å²) in [5.74, 6) is -1.39. The van der Waals surface area contributed by atoms with Gasteiger partial charge in [0.05, 0.1) is 24.5 Å². The van der Waals surface area contributed by atoms with E-state index >= 15 is 0 Å². The van der Waals surface area contributed by atoms with Gasteiger partial charge in [0.1, 0.15) is 6.61 Å². The summed E-state index contributed by atoms with van der Waals surface area (Å²) in [4.78, 5) is 48.9. The minimum atomic E-state index is -0.856. The van der Waals surface area contributed by atoms with Gasteiger partial charge in [0.15, 0.2) is 0 Å². The number of nitrogens with one attached hydrogen (secondary N) is 3. The van der Waals surface area contributed by atoms with Crippen molar-refractivity contribution in [2.75, 3.05) is 19.6 Å². The SMILES string of the molecule is CC(CNC(=O)CN(Cc1ccc(-c2ccccc2)cc1)C(=O)[C@@H](CNC(=O)OCc1ccccc1)c1c[nH]cn1)c1ccccc1. The number of aromatic nitrogens is 2. The molecule has 0 radical (unpaired) electrons. The maximum absolute atomic E-state index is 14.2. The maximum atomic E-state index is 14.2. The molecule has 3 amide bonds. The molecule has 1 aromatic heterocycles. The Balaban J connectivity index is 1.30. The van der Waals surface area contributed by atoms with E-state index in [0.29, 0.717) is 12.2 Å². The zero-order valence-electron chi connectivity index (χ0n) is 26.3. The van der Waals surface area contributed by atoms with Crippen molar-refractivity contribution in [3.05, 3.63) is 150 Å². The van der Waals surface area contributed by atoms with Gasteiger partial charge in [0, 0.05) is 25.8 Å². The number of rotatable bonds is 14. The number of carbonyl (C=O) groups excluding carboxylic acids is 3. The van der Waals surface area contributed by atoms with Crippen molar-refractivity contribution in [3.8, 4) is 11.1 Å². The number of benzene rings is 4. The summed E-state index contributed by atoms with van der Waals surface area (Å²) in [6.45, 7) is 2.53. The van der Waals surface area contributed by atoms with Gasteiger partial charge in [-0.15, -0.1) is 0 Å². The van der Waals surface area contributed by atoms with Gasteiger partial charge >= 0.3 is 6.09 Å². The summed E-state index contributed by atoms with van der Waals surface area (Å²) in [6, 6.07) is 37.2. The molecule has 4 aromatic carbocycles. The molecule has 0 fully saturated rings. The van der Waals surface area contributed by atoms with Crippen molar-refractivity contribution in [1.29, 1.82) is 0 Å². The lowest BCUT2D eigenvalue weighted by Gasteiger charge is -2.27. The zero-order chi connectivity index (χ0) is 32.8. The summed E-state index contributed by atoms with van der Waals surface area (Å²) in [7, 11) is 0. The molecule has 47 heavy (non-hydrogen) atoms. The number of H-pyrrole nitrogens is 1. The van der Waals surface area contributed by atoms with E-state index in [4.69, 9.17) is 4.74 Å². The van der Waals surface area contributed by atoms with Crippen LogP contribution in [0.3, 0.4) is 0 Å². The van der Waals surface area contributed by atoms with E-state index in [1.165, 1.54) is 11.2 Å². The molecule has 0 saturated carbocycles. The maximum Gasteiger partial charge on any atom is 0.407 e.